The number of rotatable bonds is 10. The highest BCUT2D eigenvalue weighted by molar-refractivity contribution is 7.23. The summed E-state index contributed by atoms with van der Waals surface area (Å²) in [6.07, 6.45) is 5.09. The number of primary amides is 1. The molecular formula is C26H30N8O3S. The fraction of sp³-hybridized carbons (Fsp3) is 0.308. The molecule has 4 aromatic rings. The Morgan fingerprint density at radius 2 is 1.89 bits per heavy atom. The van der Waals surface area contributed by atoms with Crippen molar-refractivity contribution >= 4 is 38.7 Å². The van der Waals surface area contributed by atoms with E-state index in [1.54, 1.807) is 32.4 Å². The van der Waals surface area contributed by atoms with Gasteiger partial charge in [0, 0.05) is 49.4 Å². The maximum absolute atomic E-state index is 12.2. The van der Waals surface area contributed by atoms with Crippen LogP contribution in [-0.4, -0.2) is 58.1 Å². The first-order valence-corrected chi connectivity index (χ1v) is 12.9. The molecule has 0 bridgehead atoms. The molecule has 0 fully saturated rings. The summed E-state index contributed by atoms with van der Waals surface area (Å²) in [5, 5.41) is 3.43. The standard InChI is InChI=1S/C26H30N8O3S/c1-4-34(24(28)36)25-33-20-12-16(11-18(22(20)38-25)19-7-5-6-9-30-19)17-13-31-23(32-14-17)26(2,3)37-21(35)15-29-10-8-27/h5-7,9,11-14,29H,4,8,10,15,27H2,1-3H3,(H2,28,36). The predicted octanol–water partition coefficient (Wildman–Crippen LogP) is 3.05. The molecule has 0 atom stereocenters. The number of anilines is 1. The summed E-state index contributed by atoms with van der Waals surface area (Å²) in [6, 6.07) is 9.04. The van der Waals surface area contributed by atoms with Crippen LogP contribution in [0.2, 0.25) is 0 Å². The molecule has 0 unspecified atom stereocenters. The Hall–Kier alpha value is -4.00. The zero-order chi connectivity index (χ0) is 27.3. The van der Waals surface area contributed by atoms with Crippen LogP contribution < -0.4 is 21.7 Å². The maximum atomic E-state index is 12.2. The van der Waals surface area contributed by atoms with Crippen molar-refractivity contribution in [2.45, 2.75) is 26.4 Å². The van der Waals surface area contributed by atoms with Crippen LogP contribution in [0.3, 0.4) is 0 Å². The third-order valence-electron chi connectivity index (χ3n) is 5.72. The summed E-state index contributed by atoms with van der Waals surface area (Å²) in [5.74, 6) is -0.0477. The van der Waals surface area contributed by atoms with Crippen LogP contribution in [0.5, 0.6) is 0 Å². The number of fused-ring (bicyclic) bond motifs is 1. The molecule has 198 valence electrons. The molecule has 3 aromatic heterocycles. The van der Waals surface area contributed by atoms with E-state index < -0.39 is 17.6 Å². The predicted molar refractivity (Wildman–Crippen MR) is 148 cm³/mol. The number of carbonyl (C=O) groups excluding carboxylic acids is 2. The van der Waals surface area contributed by atoms with E-state index in [2.05, 4.69) is 20.3 Å². The van der Waals surface area contributed by atoms with Crippen molar-refractivity contribution in [1.29, 1.82) is 0 Å². The number of aromatic nitrogens is 4. The van der Waals surface area contributed by atoms with Crippen molar-refractivity contribution in [2.75, 3.05) is 31.1 Å². The molecule has 0 saturated heterocycles. The van der Waals surface area contributed by atoms with Crippen molar-refractivity contribution in [2.24, 2.45) is 11.5 Å². The van der Waals surface area contributed by atoms with E-state index in [1.807, 2.05) is 37.3 Å². The number of hydrogen-bond acceptors (Lipinski definition) is 10. The Morgan fingerprint density at radius 1 is 1.13 bits per heavy atom. The number of esters is 1. The van der Waals surface area contributed by atoms with Crippen molar-refractivity contribution < 1.29 is 14.3 Å². The van der Waals surface area contributed by atoms with Gasteiger partial charge in [0.05, 0.1) is 22.5 Å². The van der Waals surface area contributed by atoms with Crippen molar-refractivity contribution in [3.63, 3.8) is 0 Å². The first kappa shape index (κ1) is 27.0. The van der Waals surface area contributed by atoms with E-state index in [-0.39, 0.29) is 6.54 Å². The van der Waals surface area contributed by atoms with Gasteiger partial charge >= 0.3 is 12.0 Å². The zero-order valence-electron chi connectivity index (χ0n) is 21.5. The van der Waals surface area contributed by atoms with E-state index in [1.165, 1.54) is 16.2 Å². The first-order chi connectivity index (χ1) is 18.2. The van der Waals surface area contributed by atoms with E-state index in [9.17, 15) is 9.59 Å². The lowest BCUT2D eigenvalue weighted by Gasteiger charge is -2.23. The normalized spacial score (nSPS) is 11.5. The number of pyridine rings is 1. The Balaban J connectivity index is 1.70. The van der Waals surface area contributed by atoms with Crippen molar-refractivity contribution in [1.82, 2.24) is 25.3 Å². The molecule has 3 heterocycles. The fourth-order valence-corrected chi connectivity index (χ4v) is 4.99. The molecule has 0 aliphatic heterocycles. The number of thiazole rings is 1. The van der Waals surface area contributed by atoms with Crippen molar-refractivity contribution in [3.05, 3.63) is 54.7 Å². The van der Waals surface area contributed by atoms with Gasteiger partial charge in [0.25, 0.3) is 0 Å². The van der Waals surface area contributed by atoms with E-state index in [0.717, 1.165) is 27.1 Å². The smallest absolute Gasteiger partial charge is 0.321 e. The second-order valence-electron chi connectivity index (χ2n) is 8.91. The highest BCUT2D eigenvalue weighted by atomic mass is 32.1. The minimum absolute atomic E-state index is 0.0515. The SMILES string of the molecule is CCN(C(N)=O)c1nc2cc(-c3cnc(C(C)(C)OC(=O)CNCCN)nc3)cc(-c3ccccn3)c2s1. The molecule has 5 N–H and O–H groups in total. The quantitative estimate of drug-likeness (QED) is 0.205. The van der Waals surface area contributed by atoms with E-state index in [0.29, 0.717) is 36.1 Å². The number of nitrogens with one attached hydrogen (secondary N) is 1. The van der Waals surface area contributed by atoms with Gasteiger partial charge < -0.3 is 21.5 Å². The van der Waals surface area contributed by atoms with Crippen LogP contribution >= 0.6 is 11.3 Å². The monoisotopic (exact) mass is 534 g/mol. The Morgan fingerprint density at radius 3 is 2.53 bits per heavy atom. The lowest BCUT2D eigenvalue weighted by molar-refractivity contribution is -0.157. The average Bonchev–Trinajstić information content (AvgIpc) is 3.32. The van der Waals surface area contributed by atoms with Crippen LogP contribution in [0.25, 0.3) is 32.6 Å². The fourth-order valence-electron chi connectivity index (χ4n) is 3.85. The van der Waals surface area contributed by atoms with Gasteiger partial charge in [0.1, 0.15) is 0 Å². The summed E-state index contributed by atoms with van der Waals surface area (Å²) in [5.41, 5.74) is 13.9. The van der Waals surface area contributed by atoms with Crippen LogP contribution in [0, 0.1) is 0 Å². The van der Waals surface area contributed by atoms with E-state index in [4.69, 9.17) is 21.2 Å². The topological polar surface area (TPSA) is 162 Å². The summed E-state index contributed by atoms with van der Waals surface area (Å²) in [4.78, 5) is 43.8. The lowest BCUT2D eigenvalue weighted by Crippen LogP contribution is -2.35. The molecule has 12 heteroatoms. The summed E-state index contributed by atoms with van der Waals surface area (Å²) in [7, 11) is 0. The Bertz CT molecular complexity index is 1420. The van der Waals surface area contributed by atoms with Gasteiger partial charge in [-0.3, -0.25) is 14.7 Å². The maximum Gasteiger partial charge on any atom is 0.321 e. The van der Waals surface area contributed by atoms with Gasteiger partial charge in [0.15, 0.2) is 16.6 Å². The van der Waals surface area contributed by atoms with Gasteiger partial charge in [0.2, 0.25) is 0 Å². The number of nitrogens with two attached hydrogens (primary N) is 2. The third-order valence-corrected chi connectivity index (χ3v) is 6.84. The molecule has 2 amide bonds. The molecule has 4 rings (SSSR count). The van der Waals surface area contributed by atoms with Crippen molar-refractivity contribution in [3.8, 4) is 22.4 Å². The third kappa shape index (κ3) is 5.93. The molecule has 0 aliphatic rings. The van der Waals surface area contributed by atoms with Crippen LogP contribution in [-0.2, 0) is 15.1 Å². The van der Waals surface area contributed by atoms with Gasteiger partial charge in [-0.15, -0.1) is 0 Å². The molecule has 0 saturated carbocycles. The van der Waals surface area contributed by atoms with Gasteiger partial charge in [-0.25, -0.2) is 19.7 Å². The van der Waals surface area contributed by atoms with Crippen LogP contribution in [0.15, 0.2) is 48.9 Å². The minimum Gasteiger partial charge on any atom is -0.450 e. The molecule has 0 spiro atoms. The largest absolute Gasteiger partial charge is 0.450 e. The molecule has 0 aliphatic carbocycles. The Labute approximate surface area is 224 Å². The highest BCUT2D eigenvalue weighted by Crippen LogP contribution is 2.39. The molecule has 0 radical (unpaired) electrons. The first-order valence-electron chi connectivity index (χ1n) is 12.1. The van der Waals surface area contributed by atoms with Gasteiger partial charge in [-0.1, -0.05) is 17.4 Å². The highest BCUT2D eigenvalue weighted by Gasteiger charge is 2.28. The Kier molecular flexibility index (Phi) is 8.25. The van der Waals surface area contributed by atoms with Crippen LogP contribution in [0.1, 0.15) is 26.6 Å². The summed E-state index contributed by atoms with van der Waals surface area (Å²) < 4.78 is 6.46. The zero-order valence-corrected chi connectivity index (χ0v) is 22.3. The number of amides is 2. The number of nitrogens with zero attached hydrogens (tertiary/aromatic N) is 5. The summed E-state index contributed by atoms with van der Waals surface area (Å²) in [6.45, 7) is 6.72. The molecular weight excluding hydrogens is 504 g/mol. The molecule has 1 aromatic carbocycles. The van der Waals surface area contributed by atoms with Gasteiger partial charge in [-0.2, -0.15) is 0 Å². The van der Waals surface area contributed by atoms with Crippen LogP contribution in [0.4, 0.5) is 9.93 Å². The summed E-state index contributed by atoms with van der Waals surface area (Å²) >= 11 is 1.38. The number of hydrogen-bond donors (Lipinski definition) is 3. The average molecular weight is 535 g/mol. The molecule has 38 heavy (non-hydrogen) atoms. The van der Waals surface area contributed by atoms with E-state index >= 15 is 0 Å². The number of ether oxygens (including phenoxy) is 1. The molecule has 11 nitrogen and oxygen atoms in total. The number of urea groups is 1. The minimum atomic E-state index is -1.02. The number of carbonyl (C=O) groups is 2. The van der Waals surface area contributed by atoms with Gasteiger partial charge in [-0.05, 0) is 50.6 Å². The lowest BCUT2D eigenvalue weighted by atomic mass is 10.0. The number of benzene rings is 1. The second kappa shape index (κ2) is 11.6. The second-order valence-corrected chi connectivity index (χ2v) is 9.89.